The van der Waals surface area contributed by atoms with E-state index in [4.69, 9.17) is 9.47 Å². The topological polar surface area (TPSA) is 106 Å². The highest BCUT2D eigenvalue weighted by molar-refractivity contribution is 5.92. The van der Waals surface area contributed by atoms with Crippen LogP contribution in [0.1, 0.15) is 34.5 Å². The van der Waals surface area contributed by atoms with Crippen LogP contribution in [-0.4, -0.2) is 75.9 Å². The molecule has 1 aromatic heterocycles. The van der Waals surface area contributed by atoms with Crippen molar-refractivity contribution >= 4 is 17.7 Å². The second-order valence-electron chi connectivity index (χ2n) is 10.1. The molecule has 1 fully saturated rings. The Morgan fingerprint density at radius 3 is 2.51 bits per heavy atom. The summed E-state index contributed by atoms with van der Waals surface area (Å²) in [5.74, 6) is 0.805. The molecule has 2 atom stereocenters. The van der Waals surface area contributed by atoms with Gasteiger partial charge in [-0.2, -0.15) is 0 Å². The Kier molecular flexibility index (Phi) is 7.92. The summed E-state index contributed by atoms with van der Waals surface area (Å²) in [6.45, 7) is 1.01. The number of likely N-dealkylation sites (tertiary alicyclic amines) is 1. The Labute approximate surface area is 227 Å². The van der Waals surface area contributed by atoms with Gasteiger partial charge in [0.25, 0.3) is 5.91 Å². The van der Waals surface area contributed by atoms with Gasteiger partial charge in [0.2, 0.25) is 11.8 Å². The van der Waals surface area contributed by atoms with Gasteiger partial charge in [-0.05, 0) is 48.2 Å². The van der Waals surface area contributed by atoms with Crippen molar-refractivity contribution in [2.45, 2.75) is 38.0 Å². The molecule has 5 rings (SSSR count). The third kappa shape index (κ3) is 6.46. The summed E-state index contributed by atoms with van der Waals surface area (Å²) >= 11 is 0. The molecule has 4 bridgehead atoms. The van der Waals surface area contributed by atoms with E-state index in [1.54, 1.807) is 36.1 Å². The van der Waals surface area contributed by atoms with Gasteiger partial charge in [-0.3, -0.25) is 14.4 Å². The van der Waals surface area contributed by atoms with E-state index in [0.29, 0.717) is 43.2 Å². The molecule has 1 N–H and O–H groups in total. The van der Waals surface area contributed by atoms with Crippen molar-refractivity contribution in [2.75, 3.05) is 26.7 Å². The molecule has 3 aromatic rings. The fourth-order valence-electron chi connectivity index (χ4n) is 4.98. The first-order valence-electron chi connectivity index (χ1n) is 13.1. The first kappa shape index (κ1) is 26.4. The smallest absolute Gasteiger partial charge is 0.272 e. The Balaban J connectivity index is 1.37. The van der Waals surface area contributed by atoms with Crippen LogP contribution < -0.4 is 10.1 Å². The molecule has 0 radical (unpaired) electrons. The molecule has 3 heterocycles. The van der Waals surface area contributed by atoms with Crippen LogP contribution in [0.3, 0.4) is 0 Å². The third-order valence-corrected chi connectivity index (χ3v) is 7.15. The average molecular weight is 532 g/mol. The van der Waals surface area contributed by atoms with Gasteiger partial charge in [0.15, 0.2) is 0 Å². The lowest BCUT2D eigenvalue weighted by Crippen LogP contribution is -2.58. The standard InChI is InChI=1S/C29H33N5O5/c1-32-17-27(35)31-24-16-34(29(37)25-15-30-19-33(25)2)12-11-26(24)38-18-21-6-4-8-23(14-21)39-22-7-3-5-20(13-22)9-10-28(32)36/h3-8,13-15,19,24,26H,9-12,16-18H2,1-2H3,(H,31,35)/t24-,26+/m0/s1. The van der Waals surface area contributed by atoms with Crippen molar-refractivity contribution in [1.29, 1.82) is 0 Å². The van der Waals surface area contributed by atoms with Crippen LogP contribution in [-0.2, 0) is 34.4 Å². The second-order valence-corrected chi connectivity index (χ2v) is 10.1. The average Bonchev–Trinajstić information content (AvgIpc) is 3.36. The first-order chi connectivity index (χ1) is 18.9. The molecule has 0 aliphatic carbocycles. The van der Waals surface area contributed by atoms with Crippen molar-refractivity contribution in [1.82, 2.24) is 24.7 Å². The number of aryl methyl sites for hydroxylation is 2. The van der Waals surface area contributed by atoms with Gasteiger partial charge in [-0.25, -0.2) is 4.98 Å². The van der Waals surface area contributed by atoms with E-state index in [1.165, 1.54) is 4.90 Å². The summed E-state index contributed by atoms with van der Waals surface area (Å²) in [7, 11) is 3.40. The van der Waals surface area contributed by atoms with Gasteiger partial charge in [-0.15, -0.1) is 0 Å². The highest BCUT2D eigenvalue weighted by Crippen LogP contribution is 2.25. The Morgan fingerprint density at radius 2 is 1.77 bits per heavy atom. The number of benzene rings is 2. The van der Waals surface area contributed by atoms with Gasteiger partial charge in [0.05, 0.1) is 37.8 Å². The molecule has 39 heavy (non-hydrogen) atoms. The minimum absolute atomic E-state index is 0.0804. The highest BCUT2D eigenvalue weighted by Gasteiger charge is 2.34. The number of hydrogen-bond donors (Lipinski definition) is 1. The van der Waals surface area contributed by atoms with E-state index >= 15 is 0 Å². The highest BCUT2D eigenvalue weighted by atomic mass is 16.5. The molecule has 10 nitrogen and oxygen atoms in total. The van der Waals surface area contributed by atoms with Crippen LogP contribution in [0.2, 0.25) is 0 Å². The van der Waals surface area contributed by atoms with Crippen LogP contribution >= 0.6 is 0 Å². The van der Waals surface area contributed by atoms with Gasteiger partial charge in [-0.1, -0.05) is 24.3 Å². The molecule has 0 spiro atoms. The maximum atomic E-state index is 13.2. The summed E-state index contributed by atoms with van der Waals surface area (Å²) in [4.78, 5) is 46.2. The number of hydrogen-bond acceptors (Lipinski definition) is 6. The van der Waals surface area contributed by atoms with Crippen LogP contribution in [0.5, 0.6) is 11.5 Å². The zero-order valence-corrected chi connectivity index (χ0v) is 22.2. The van der Waals surface area contributed by atoms with Gasteiger partial charge < -0.3 is 29.2 Å². The predicted octanol–water partition coefficient (Wildman–Crippen LogP) is 2.53. The number of carbonyl (C=O) groups is 3. The van der Waals surface area contributed by atoms with Crippen molar-refractivity contribution in [3.63, 3.8) is 0 Å². The molecule has 1 saturated heterocycles. The Hall–Kier alpha value is -4.18. The number of fused-ring (bicyclic) bond motifs is 5. The molecule has 2 aromatic carbocycles. The van der Waals surface area contributed by atoms with Crippen LogP contribution in [0.4, 0.5) is 0 Å². The van der Waals surface area contributed by atoms with Crippen LogP contribution in [0, 0.1) is 0 Å². The van der Waals surface area contributed by atoms with Gasteiger partial charge in [0, 0.05) is 33.6 Å². The largest absolute Gasteiger partial charge is 0.457 e. The van der Waals surface area contributed by atoms with E-state index in [-0.39, 0.29) is 43.3 Å². The number of likely N-dealkylation sites (N-methyl/N-ethyl adjacent to an activating group) is 1. The number of ether oxygens (including phenoxy) is 2. The predicted molar refractivity (Wildman–Crippen MR) is 143 cm³/mol. The third-order valence-electron chi connectivity index (χ3n) is 7.15. The molecule has 0 unspecified atom stereocenters. The number of nitrogens with one attached hydrogen (secondary N) is 1. The number of imidazole rings is 1. The van der Waals surface area contributed by atoms with Crippen molar-refractivity contribution < 1.29 is 23.9 Å². The van der Waals surface area contributed by atoms with Crippen molar-refractivity contribution in [2.24, 2.45) is 7.05 Å². The number of rotatable bonds is 1. The summed E-state index contributed by atoms with van der Waals surface area (Å²) in [5.41, 5.74) is 2.39. The van der Waals surface area contributed by atoms with E-state index < -0.39 is 6.04 Å². The summed E-state index contributed by atoms with van der Waals surface area (Å²) < 4.78 is 14.1. The van der Waals surface area contributed by atoms with E-state index in [9.17, 15) is 14.4 Å². The monoisotopic (exact) mass is 531 g/mol. The molecular formula is C29H33N5O5. The number of piperidine rings is 1. The van der Waals surface area contributed by atoms with Crippen molar-refractivity contribution in [3.8, 4) is 11.5 Å². The van der Waals surface area contributed by atoms with E-state index in [1.807, 2.05) is 48.5 Å². The molecule has 3 amide bonds. The molecule has 204 valence electrons. The number of aromatic nitrogens is 2. The molecule has 10 heteroatoms. The second kappa shape index (κ2) is 11.7. The van der Waals surface area contributed by atoms with Crippen LogP contribution in [0.25, 0.3) is 0 Å². The number of nitrogens with zero attached hydrogens (tertiary/aromatic N) is 4. The maximum Gasteiger partial charge on any atom is 0.272 e. The van der Waals surface area contributed by atoms with Gasteiger partial charge in [0.1, 0.15) is 17.2 Å². The Morgan fingerprint density at radius 1 is 1.03 bits per heavy atom. The van der Waals surface area contributed by atoms with Crippen molar-refractivity contribution in [3.05, 3.63) is 77.9 Å². The SMILES string of the molecule is CN1CC(=O)N[C@H]2CN(C(=O)c3cncn3C)CC[C@H]2OCc2cccc(c2)Oc2cccc(c2)CCC1=O. The summed E-state index contributed by atoms with van der Waals surface area (Å²) in [6, 6.07) is 14.9. The lowest BCUT2D eigenvalue weighted by atomic mass is 10.0. The number of amides is 3. The zero-order valence-electron chi connectivity index (χ0n) is 22.2. The lowest BCUT2D eigenvalue weighted by molar-refractivity contribution is -0.135. The van der Waals surface area contributed by atoms with Gasteiger partial charge >= 0.3 is 0 Å². The number of carbonyl (C=O) groups excluding carboxylic acids is 3. The molecule has 2 aliphatic heterocycles. The first-order valence-corrected chi connectivity index (χ1v) is 13.1. The summed E-state index contributed by atoms with van der Waals surface area (Å²) in [5, 5.41) is 3.03. The molecule has 2 aliphatic rings. The molecule has 0 saturated carbocycles. The fraction of sp³-hybridized carbons (Fsp3) is 0.379. The minimum atomic E-state index is -0.440. The minimum Gasteiger partial charge on any atom is -0.457 e. The summed E-state index contributed by atoms with van der Waals surface area (Å²) in [6.07, 6.45) is 4.16. The molecular weight excluding hydrogens is 498 g/mol. The quantitative estimate of drug-likeness (QED) is 0.517. The fourth-order valence-corrected chi connectivity index (χ4v) is 4.98. The Bertz CT molecular complexity index is 1360. The van der Waals surface area contributed by atoms with E-state index in [0.717, 1.165) is 11.1 Å². The van der Waals surface area contributed by atoms with Crippen LogP contribution in [0.15, 0.2) is 61.1 Å². The zero-order chi connectivity index (χ0) is 27.4. The normalized spacial score (nSPS) is 20.8. The maximum absolute atomic E-state index is 13.2. The lowest BCUT2D eigenvalue weighted by Gasteiger charge is -2.39. The van der Waals surface area contributed by atoms with E-state index in [2.05, 4.69) is 10.3 Å².